The topological polar surface area (TPSA) is 21.3 Å². The molecular formula is C16H21NOS. The molecule has 1 atom stereocenters. The van der Waals surface area contributed by atoms with Crippen LogP contribution in [0.1, 0.15) is 27.6 Å². The largest absolute Gasteiger partial charge is 0.496 e. The summed E-state index contributed by atoms with van der Waals surface area (Å²) in [5, 5.41) is 5.56. The van der Waals surface area contributed by atoms with Crippen LogP contribution in [-0.4, -0.2) is 14.2 Å². The molecule has 3 heteroatoms. The molecule has 0 saturated carbocycles. The first-order chi connectivity index (χ1) is 9.15. The molecule has 0 aliphatic rings. The van der Waals surface area contributed by atoms with Crippen molar-refractivity contribution >= 4 is 11.3 Å². The van der Waals surface area contributed by atoms with E-state index in [0.29, 0.717) is 6.04 Å². The first kappa shape index (κ1) is 14.1. The molecule has 2 aromatic rings. The Bertz CT molecular complexity index is 534. The molecule has 19 heavy (non-hydrogen) atoms. The highest BCUT2D eigenvalue weighted by atomic mass is 32.1. The first-order valence-electron chi connectivity index (χ1n) is 6.50. The van der Waals surface area contributed by atoms with Crippen molar-refractivity contribution in [3.63, 3.8) is 0 Å². The third-order valence-electron chi connectivity index (χ3n) is 3.49. The van der Waals surface area contributed by atoms with Crippen molar-refractivity contribution in [2.75, 3.05) is 14.2 Å². The van der Waals surface area contributed by atoms with Gasteiger partial charge in [-0.15, -0.1) is 11.3 Å². The van der Waals surface area contributed by atoms with E-state index in [2.05, 4.69) is 48.8 Å². The molecule has 2 rings (SSSR count). The summed E-state index contributed by atoms with van der Waals surface area (Å²) >= 11 is 1.81. The summed E-state index contributed by atoms with van der Waals surface area (Å²) in [5.41, 5.74) is 3.82. The lowest BCUT2D eigenvalue weighted by Gasteiger charge is -2.20. The maximum atomic E-state index is 5.38. The summed E-state index contributed by atoms with van der Waals surface area (Å²) in [6.07, 6.45) is 1.03. The van der Waals surface area contributed by atoms with Gasteiger partial charge in [0.25, 0.3) is 0 Å². The standard InChI is InChI=1S/C16H21NOS/c1-11-9-16(18-4)12(2)8-14(11)15(17-3)10-13-6-5-7-19-13/h5-9,15,17H,10H2,1-4H3. The fourth-order valence-electron chi connectivity index (χ4n) is 2.40. The van der Waals surface area contributed by atoms with Crippen LogP contribution in [0.5, 0.6) is 5.75 Å². The van der Waals surface area contributed by atoms with E-state index in [0.717, 1.165) is 12.2 Å². The average Bonchev–Trinajstić information content (AvgIpc) is 2.91. The van der Waals surface area contributed by atoms with Crippen molar-refractivity contribution in [1.29, 1.82) is 0 Å². The van der Waals surface area contributed by atoms with E-state index in [-0.39, 0.29) is 0 Å². The van der Waals surface area contributed by atoms with Crippen LogP contribution in [-0.2, 0) is 6.42 Å². The van der Waals surface area contributed by atoms with E-state index < -0.39 is 0 Å². The summed E-state index contributed by atoms with van der Waals surface area (Å²) in [4.78, 5) is 1.41. The molecule has 0 radical (unpaired) electrons. The smallest absolute Gasteiger partial charge is 0.122 e. The van der Waals surface area contributed by atoms with Crippen molar-refractivity contribution in [3.05, 3.63) is 51.2 Å². The van der Waals surface area contributed by atoms with Crippen LogP contribution in [0.25, 0.3) is 0 Å². The number of hydrogen-bond acceptors (Lipinski definition) is 3. The molecule has 2 nitrogen and oxygen atoms in total. The highest BCUT2D eigenvalue weighted by Crippen LogP contribution is 2.29. The Kier molecular flexibility index (Phi) is 4.61. The van der Waals surface area contributed by atoms with Gasteiger partial charge in [-0.25, -0.2) is 0 Å². The molecule has 0 spiro atoms. The second kappa shape index (κ2) is 6.22. The van der Waals surface area contributed by atoms with Gasteiger partial charge in [0.05, 0.1) is 7.11 Å². The van der Waals surface area contributed by atoms with E-state index in [1.165, 1.54) is 21.6 Å². The van der Waals surface area contributed by atoms with Gasteiger partial charge in [0.2, 0.25) is 0 Å². The molecule has 0 bridgehead atoms. The number of nitrogens with one attached hydrogen (secondary N) is 1. The van der Waals surface area contributed by atoms with Gasteiger partial charge in [-0.2, -0.15) is 0 Å². The maximum absolute atomic E-state index is 5.38. The molecule has 102 valence electrons. The Balaban J connectivity index is 2.30. The van der Waals surface area contributed by atoms with Crippen molar-refractivity contribution in [2.45, 2.75) is 26.3 Å². The molecular weight excluding hydrogens is 254 g/mol. The van der Waals surface area contributed by atoms with Gasteiger partial charge in [0.1, 0.15) is 5.75 Å². The third-order valence-corrected chi connectivity index (χ3v) is 4.39. The van der Waals surface area contributed by atoms with Gasteiger partial charge >= 0.3 is 0 Å². The number of thiophene rings is 1. The lowest BCUT2D eigenvalue weighted by molar-refractivity contribution is 0.410. The molecule has 0 amide bonds. The highest BCUT2D eigenvalue weighted by Gasteiger charge is 2.15. The van der Waals surface area contributed by atoms with Crippen LogP contribution in [0.2, 0.25) is 0 Å². The minimum absolute atomic E-state index is 0.350. The Morgan fingerprint density at radius 3 is 2.63 bits per heavy atom. The molecule has 1 aromatic heterocycles. The zero-order valence-electron chi connectivity index (χ0n) is 12.0. The Morgan fingerprint density at radius 1 is 1.26 bits per heavy atom. The van der Waals surface area contributed by atoms with Crippen molar-refractivity contribution in [3.8, 4) is 5.75 Å². The molecule has 0 saturated heterocycles. The molecule has 1 unspecified atom stereocenters. The summed E-state index contributed by atoms with van der Waals surface area (Å²) in [6.45, 7) is 4.25. The fraction of sp³-hybridized carbons (Fsp3) is 0.375. The fourth-order valence-corrected chi connectivity index (χ4v) is 3.16. The van der Waals surface area contributed by atoms with E-state index in [1.54, 1.807) is 7.11 Å². The number of aryl methyl sites for hydroxylation is 2. The van der Waals surface area contributed by atoms with Gasteiger partial charge < -0.3 is 10.1 Å². The highest BCUT2D eigenvalue weighted by molar-refractivity contribution is 7.09. The number of rotatable bonds is 5. The SMILES string of the molecule is CNC(Cc1cccs1)c1cc(C)c(OC)cc1C. The monoisotopic (exact) mass is 275 g/mol. The minimum atomic E-state index is 0.350. The van der Waals surface area contributed by atoms with Crippen LogP contribution in [0, 0.1) is 13.8 Å². The van der Waals surface area contributed by atoms with Gasteiger partial charge in [-0.3, -0.25) is 0 Å². The van der Waals surface area contributed by atoms with Gasteiger partial charge in [0, 0.05) is 17.3 Å². The molecule has 0 aliphatic heterocycles. The average molecular weight is 275 g/mol. The first-order valence-corrected chi connectivity index (χ1v) is 7.38. The number of methoxy groups -OCH3 is 1. The van der Waals surface area contributed by atoms with Crippen LogP contribution < -0.4 is 10.1 Å². The van der Waals surface area contributed by atoms with Crippen molar-refractivity contribution in [2.24, 2.45) is 0 Å². The second-order valence-corrected chi connectivity index (χ2v) is 5.84. The van der Waals surface area contributed by atoms with E-state index in [1.807, 2.05) is 18.4 Å². The van der Waals surface area contributed by atoms with Crippen molar-refractivity contribution < 1.29 is 4.74 Å². The van der Waals surface area contributed by atoms with E-state index in [9.17, 15) is 0 Å². The second-order valence-electron chi connectivity index (χ2n) is 4.80. The Hall–Kier alpha value is -1.32. The Labute approximate surface area is 119 Å². The van der Waals surface area contributed by atoms with Crippen LogP contribution >= 0.6 is 11.3 Å². The Morgan fingerprint density at radius 2 is 2.05 bits per heavy atom. The maximum Gasteiger partial charge on any atom is 0.122 e. The summed E-state index contributed by atoms with van der Waals surface area (Å²) in [5.74, 6) is 0.965. The quantitative estimate of drug-likeness (QED) is 0.894. The summed E-state index contributed by atoms with van der Waals surface area (Å²) in [7, 11) is 3.75. The molecule has 1 heterocycles. The van der Waals surface area contributed by atoms with Crippen LogP contribution in [0.3, 0.4) is 0 Å². The number of hydrogen-bond donors (Lipinski definition) is 1. The van der Waals surface area contributed by atoms with Gasteiger partial charge in [0.15, 0.2) is 0 Å². The summed E-state index contributed by atoms with van der Waals surface area (Å²) < 4.78 is 5.38. The molecule has 0 aliphatic carbocycles. The minimum Gasteiger partial charge on any atom is -0.496 e. The van der Waals surface area contributed by atoms with Crippen molar-refractivity contribution in [1.82, 2.24) is 5.32 Å². The van der Waals surface area contributed by atoms with E-state index in [4.69, 9.17) is 4.74 Å². The lowest BCUT2D eigenvalue weighted by Crippen LogP contribution is -2.19. The summed E-state index contributed by atoms with van der Waals surface area (Å²) in [6, 6.07) is 9.02. The van der Waals surface area contributed by atoms with E-state index >= 15 is 0 Å². The van der Waals surface area contributed by atoms with Crippen LogP contribution in [0.4, 0.5) is 0 Å². The van der Waals surface area contributed by atoms with Gasteiger partial charge in [-0.1, -0.05) is 12.1 Å². The number of benzene rings is 1. The van der Waals surface area contributed by atoms with Gasteiger partial charge in [-0.05, 0) is 55.1 Å². The normalized spacial score (nSPS) is 12.4. The third kappa shape index (κ3) is 3.17. The molecule has 0 fully saturated rings. The zero-order chi connectivity index (χ0) is 13.8. The predicted octanol–water partition coefficient (Wildman–Crippen LogP) is 3.88. The number of ether oxygens (including phenoxy) is 1. The van der Waals surface area contributed by atoms with Crippen LogP contribution in [0.15, 0.2) is 29.6 Å². The lowest BCUT2D eigenvalue weighted by atomic mass is 9.96. The number of likely N-dealkylation sites (N-methyl/N-ethyl adjacent to an activating group) is 1. The molecule has 1 N–H and O–H groups in total. The predicted molar refractivity (Wildman–Crippen MR) is 82.3 cm³/mol. The molecule has 1 aromatic carbocycles. The zero-order valence-corrected chi connectivity index (χ0v) is 12.8.